The molecule has 0 aliphatic rings. The highest BCUT2D eigenvalue weighted by Gasteiger charge is 2.15. The van der Waals surface area contributed by atoms with Crippen LogP contribution in [-0.2, 0) is 19.1 Å². The van der Waals surface area contributed by atoms with Crippen LogP contribution in [0.2, 0.25) is 0 Å². The van der Waals surface area contributed by atoms with Gasteiger partial charge >= 0.3 is 5.97 Å². The summed E-state index contributed by atoms with van der Waals surface area (Å²) in [6.45, 7) is 2.24. The lowest BCUT2D eigenvalue weighted by Crippen LogP contribution is -2.37. The number of oxazole rings is 1. The van der Waals surface area contributed by atoms with Crippen molar-refractivity contribution in [1.29, 1.82) is 0 Å². The number of nitrogens with zero attached hydrogens (tertiary/aromatic N) is 1. The van der Waals surface area contributed by atoms with Crippen molar-refractivity contribution in [1.82, 2.24) is 10.3 Å². The molecule has 0 unspecified atom stereocenters. The topological polar surface area (TPSA) is 90.7 Å². The number of fused-ring (bicyclic) bond motifs is 1. The molecule has 1 heterocycles. The van der Waals surface area contributed by atoms with Gasteiger partial charge in [0, 0.05) is 25.8 Å². The van der Waals surface area contributed by atoms with Gasteiger partial charge in [-0.3, -0.25) is 4.79 Å². The van der Waals surface area contributed by atoms with E-state index in [4.69, 9.17) is 13.9 Å². The van der Waals surface area contributed by atoms with Crippen LogP contribution in [0.1, 0.15) is 12.8 Å². The SMILES string of the molecule is COCCNC(=O)[C@H](C)OC(=O)/C=C/c1nc2ccccc2o1. The summed E-state index contributed by atoms with van der Waals surface area (Å²) in [5.74, 6) is -0.743. The number of esters is 1. The molecule has 2 rings (SSSR count). The van der Waals surface area contributed by atoms with Crippen LogP contribution in [0.3, 0.4) is 0 Å². The second-order valence-electron chi connectivity index (χ2n) is 4.72. The first-order valence-corrected chi connectivity index (χ1v) is 7.11. The van der Waals surface area contributed by atoms with Crippen LogP contribution >= 0.6 is 0 Å². The number of amides is 1. The largest absolute Gasteiger partial charge is 0.449 e. The Labute approximate surface area is 133 Å². The number of methoxy groups -OCH3 is 1. The van der Waals surface area contributed by atoms with Gasteiger partial charge in [-0.05, 0) is 19.1 Å². The number of para-hydroxylation sites is 2. The highest BCUT2D eigenvalue weighted by atomic mass is 16.5. The summed E-state index contributed by atoms with van der Waals surface area (Å²) in [5, 5.41) is 2.58. The molecule has 1 amide bonds. The number of hydrogen-bond donors (Lipinski definition) is 1. The average molecular weight is 318 g/mol. The van der Waals surface area contributed by atoms with Gasteiger partial charge in [-0.2, -0.15) is 0 Å². The van der Waals surface area contributed by atoms with E-state index in [1.807, 2.05) is 12.1 Å². The van der Waals surface area contributed by atoms with Gasteiger partial charge in [-0.15, -0.1) is 0 Å². The van der Waals surface area contributed by atoms with Crippen LogP contribution in [0.25, 0.3) is 17.2 Å². The van der Waals surface area contributed by atoms with E-state index >= 15 is 0 Å². The Hall–Kier alpha value is -2.67. The number of benzene rings is 1. The fourth-order valence-corrected chi connectivity index (χ4v) is 1.79. The monoisotopic (exact) mass is 318 g/mol. The number of rotatable bonds is 7. The molecule has 1 aromatic carbocycles. The summed E-state index contributed by atoms with van der Waals surface area (Å²) in [6.07, 6.45) is 1.68. The molecule has 0 saturated carbocycles. The Morgan fingerprint density at radius 2 is 2.17 bits per heavy atom. The predicted molar refractivity (Wildman–Crippen MR) is 83.5 cm³/mol. The molecule has 7 nitrogen and oxygen atoms in total. The number of aromatic nitrogens is 1. The summed E-state index contributed by atoms with van der Waals surface area (Å²) in [6, 6.07) is 7.26. The summed E-state index contributed by atoms with van der Waals surface area (Å²) in [4.78, 5) is 27.5. The van der Waals surface area contributed by atoms with Crippen molar-refractivity contribution in [2.45, 2.75) is 13.0 Å². The van der Waals surface area contributed by atoms with Crippen molar-refractivity contribution >= 4 is 29.1 Å². The maximum Gasteiger partial charge on any atom is 0.331 e. The van der Waals surface area contributed by atoms with Gasteiger partial charge in [0.1, 0.15) is 5.52 Å². The van der Waals surface area contributed by atoms with Crippen LogP contribution < -0.4 is 5.32 Å². The van der Waals surface area contributed by atoms with Crippen molar-refractivity contribution < 1.29 is 23.5 Å². The van der Waals surface area contributed by atoms with Gasteiger partial charge in [0.2, 0.25) is 5.89 Å². The normalized spacial score (nSPS) is 12.4. The molecule has 23 heavy (non-hydrogen) atoms. The van der Waals surface area contributed by atoms with Crippen LogP contribution in [-0.4, -0.2) is 43.2 Å². The molecular formula is C16H18N2O5. The van der Waals surface area contributed by atoms with Crippen LogP contribution in [0, 0.1) is 0 Å². The van der Waals surface area contributed by atoms with Crippen LogP contribution in [0.5, 0.6) is 0 Å². The van der Waals surface area contributed by atoms with Crippen molar-refractivity contribution in [2.75, 3.05) is 20.3 Å². The Morgan fingerprint density at radius 3 is 2.91 bits per heavy atom. The average Bonchev–Trinajstić information content (AvgIpc) is 2.96. The zero-order valence-corrected chi connectivity index (χ0v) is 12.9. The number of carbonyl (C=O) groups excluding carboxylic acids is 2. The molecule has 0 spiro atoms. The summed E-state index contributed by atoms with van der Waals surface area (Å²) in [7, 11) is 1.53. The van der Waals surface area contributed by atoms with E-state index in [2.05, 4.69) is 10.3 Å². The molecule has 1 aromatic heterocycles. The van der Waals surface area contributed by atoms with E-state index in [9.17, 15) is 9.59 Å². The minimum atomic E-state index is -0.896. The molecule has 0 aliphatic carbocycles. The van der Waals surface area contributed by atoms with Crippen LogP contribution in [0.4, 0.5) is 0 Å². The lowest BCUT2D eigenvalue weighted by Gasteiger charge is -2.11. The number of nitrogens with one attached hydrogen (secondary N) is 1. The first-order chi connectivity index (χ1) is 11.1. The molecule has 122 valence electrons. The molecule has 0 saturated heterocycles. The van der Waals surface area contributed by atoms with Gasteiger partial charge in [0.25, 0.3) is 5.91 Å². The predicted octanol–water partition coefficient (Wildman–Crippen LogP) is 1.54. The molecular weight excluding hydrogens is 300 g/mol. The molecule has 2 aromatic rings. The summed E-state index contributed by atoms with van der Waals surface area (Å²) in [5.41, 5.74) is 1.33. The van der Waals surface area contributed by atoms with E-state index in [0.717, 1.165) is 0 Å². The number of hydrogen-bond acceptors (Lipinski definition) is 6. The quantitative estimate of drug-likeness (QED) is 0.473. The molecule has 0 fully saturated rings. The zero-order valence-electron chi connectivity index (χ0n) is 12.9. The standard InChI is InChI=1S/C16H18N2O5/c1-11(16(20)17-9-10-21-2)22-15(19)8-7-14-18-12-5-3-4-6-13(12)23-14/h3-8,11H,9-10H2,1-2H3,(H,17,20)/b8-7+/t11-/m0/s1. The van der Waals surface area contributed by atoms with E-state index in [1.54, 1.807) is 12.1 Å². The second kappa shape index (κ2) is 8.09. The Kier molecular flexibility index (Phi) is 5.87. The fraction of sp³-hybridized carbons (Fsp3) is 0.312. The second-order valence-corrected chi connectivity index (χ2v) is 4.72. The van der Waals surface area contributed by atoms with Crippen molar-refractivity contribution in [2.24, 2.45) is 0 Å². The summed E-state index contributed by atoms with van der Waals surface area (Å²) >= 11 is 0. The highest BCUT2D eigenvalue weighted by Crippen LogP contribution is 2.15. The van der Waals surface area contributed by atoms with Gasteiger partial charge in [-0.25, -0.2) is 9.78 Å². The zero-order chi connectivity index (χ0) is 16.7. The third kappa shape index (κ3) is 4.93. The number of ether oxygens (including phenoxy) is 2. The van der Waals surface area contributed by atoms with Crippen LogP contribution in [0.15, 0.2) is 34.8 Å². The smallest absolute Gasteiger partial charge is 0.331 e. The fourth-order valence-electron chi connectivity index (χ4n) is 1.79. The minimum Gasteiger partial charge on any atom is -0.449 e. The molecule has 0 bridgehead atoms. The number of carbonyl (C=O) groups is 2. The molecule has 7 heteroatoms. The van der Waals surface area contributed by atoms with E-state index in [0.29, 0.717) is 30.1 Å². The van der Waals surface area contributed by atoms with Gasteiger partial charge in [0.05, 0.1) is 6.61 Å². The summed E-state index contributed by atoms with van der Waals surface area (Å²) < 4.78 is 15.2. The Bertz CT molecular complexity index is 674. The third-order valence-electron chi connectivity index (χ3n) is 2.94. The van der Waals surface area contributed by atoms with E-state index < -0.39 is 12.1 Å². The molecule has 1 atom stereocenters. The minimum absolute atomic E-state index is 0.292. The van der Waals surface area contributed by atoms with E-state index in [-0.39, 0.29) is 5.91 Å². The molecule has 1 N–H and O–H groups in total. The maximum atomic E-state index is 11.7. The highest BCUT2D eigenvalue weighted by molar-refractivity contribution is 5.90. The Balaban J connectivity index is 1.87. The molecule has 0 radical (unpaired) electrons. The van der Waals surface area contributed by atoms with Crippen molar-refractivity contribution in [3.8, 4) is 0 Å². The first kappa shape index (κ1) is 16.7. The molecule has 0 aliphatic heterocycles. The van der Waals surface area contributed by atoms with Gasteiger partial charge < -0.3 is 19.2 Å². The Morgan fingerprint density at radius 1 is 1.39 bits per heavy atom. The van der Waals surface area contributed by atoms with E-state index in [1.165, 1.54) is 26.2 Å². The van der Waals surface area contributed by atoms with Crippen molar-refractivity contribution in [3.05, 3.63) is 36.2 Å². The van der Waals surface area contributed by atoms with Gasteiger partial charge in [-0.1, -0.05) is 12.1 Å². The lowest BCUT2D eigenvalue weighted by molar-refractivity contribution is -0.150. The van der Waals surface area contributed by atoms with Crippen molar-refractivity contribution in [3.63, 3.8) is 0 Å². The first-order valence-electron chi connectivity index (χ1n) is 7.11. The third-order valence-corrected chi connectivity index (χ3v) is 2.94. The maximum absolute atomic E-state index is 11.7. The van der Waals surface area contributed by atoms with Gasteiger partial charge in [0.15, 0.2) is 11.7 Å². The lowest BCUT2D eigenvalue weighted by atomic mass is 10.3.